The van der Waals surface area contributed by atoms with Gasteiger partial charge < -0.3 is 10.6 Å². The number of rotatable bonds is 3. The van der Waals surface area contributed by atoms with E-state index >= 15 is 0 Å². The molecule has 0 spiro atoms. The molecule has 1 fully saturated rings. The lowest BCUT2D eigenvalue weighted by molar-refractivity contribution is 0.220. The van der Waals surface area contributed by atoms with Gasteiger partial charge in [0.2, 0.25) is 0 Å². The molecule has 0 aliphatic carbocycles. The molecule has 13 heavy (non-hydrogen) atoms. The van der Waals surface area contributed by atoms with Gasteiger partial charge in [-0.1, -0.05) is 25.1 Å². The van der Waals surface area contributed by atoms with Crippen LogP contribution in [0.2, 0.25) is 0 Å². The molecule has 2 N–H and O–H groups in total. The maximum atomic E-state index is 5.50. The van der Waals surface area contributed by atoms with E-state index in [2.05, 4.69) is 11.8 Å². The summed E-state index contributed by atoms with van der Waals surface area (Å²) in [6.07, 6.45) is 6.30. The van der Waals surface area contributed by atoms with Crippen LogP contribution < -0.4 is 5.73 Å². The van der Waals surface area contributed by atoms with Gasteiger partial charge in [-0.05, 0) is 26.3 Å². The number of thiocarbonyl (C=S) groups is 1. The topological polar surface area (TPSA) is 29.3 Å². The molecule has 1 rings (SSSR count). The molecule has 1 saturated heterocycles. The molecular formula is C10H20N2S. The molecule has 1 unspecified atom stereocenters. The number of nitrogens with two attached hydrogens (primary N) is 1. The van der Waals surface area contributed by atoms with Crippen molar-refractivity contribution in [2.45, 2.75) is 45.1 Å². The van der Waals surface area contributed by atoms with E-state index < -0.39 is 0 Å². The Morgan fingerprint density at radius 3 is 2.92 bits per heavy atom. The van der Waals surface area contributed by atoms with E-state index in [4.69, 9.17) is 18.0 Å². The number of hydrogen-bond acceptors (Lipinski definition) is 2. The van der Waals surface area contributed by atoms with Crippen LogP contribution in [0.5, 0.6) is 0 Å². The van der Waals surface area contributed by atoms with Gasteiger partial charge in [-0.25, -0.2) is 0 Å². The number of hydrogen-bond donors (Lipinski definition) is 1. The molecule has 1 heterocycles. The molecular weight excluding hydrogens is 180 g/mol. The monoisotopic (exact) mass is 200 g/mol. The van der Waals surface area contributed by atoms with Crippen molar-refractivity contribution in [3.05, 3.63) is 0 Å². The molecule has 0 aromatic heterocycles. The van der Waals surface area contributed by atoms with Crippen molar-refractivity contribution in [1.29, 1.82) is 0 Å². The Balaban J connectivity index is 2.31. The number of likely N-dealkylation sites (tertiary alicyclic amines) is 1. The molecule has 1 atom stereocenters. The van der Waals surface area contributed by atoms with Crippen LogP contribution in [0.3, 0.4) is 0 Å². The standard InChI is InChI=1S/C10H20N2S/c1-9-5-3-2-4-7-12(9)8-6-10(11)13/h9H,2-8H2,1H3,(H2,11,13). The fourth-order valence-corrected chi connectivity index (χ4v) is 2.01. The van der Waals surface area contributed by atoms with Gasteiger partial charge in [-0.3, -0.25) is 0 Å². The molecule has 76 valence electrons. The van der Waals surface area contributed by atoms with Gasteiger partial charge in [0.05, 0.1) is 4.99 Å². The average Bonchev–Trinajstić information content (AvgIpc) is 2.27. The Bertz CT molecular complexity index is 170. The smallest absolute Gasteiger partial charge is 0.0740 e. The van der Waals surface area contributed by atoms with E-state index in [0.717, 1.165) is 19.0 Å². The highest BCUT2D eigenvalue weighted by Gasteiger charge is 2.15. The quantitative estimate of drug-likeness (QED) is 0.706. The number of nitrogens with zero attached hydrogens (tertiary/aromatic N) is 1. The highest BCUT2D eigenvalue weighted by molar-refractivity contribution is 7.80. The van der Waals surface area contributed by atoms with Gasteiger partial charge in [-0.2, -0.15) is 0 Å². The van der Waals surface area contributed by atoms with Gasteiger partial charge in [0.15, 0.2) is 0 Å². The second kappa shape index (κ2) is 5.55. The fraction of sp³-hybridized carbons (Fsp3) is 0.900. The highest BCUT2D eigenvalue weighted by Crippen LogP contribution is 2.16. The Hall–Kier alpha value is -0.150. The van der Waals surface area contributed by atoms with Gasteiger partial charge in [0, 0.05) is 19.0 Å². The van der Waals surface area contributed by atoms with E-state index in [1.54, 1.807) is 0 Å². The average molecular weight is 200 g/mol. The highest BCUT2D eigenvalue weighted by atomic mass is 32.1. The van der Waals surface area contributed by atoms with Crippen LogP contribution >= 0.6 is 12.2 Å². The second-order valence-electron chi connectivity index (χ2n) is 3.95. The van der Waals surface area contributed by atoms with Crippen LogP contribution in [-0.4, -0.2) is 29.0 Å². The second-order valence-corrected chi connectivity index (χ2v) is 4.48. The minimum atomic E-state index is 0.649. The molecule has 0 aromatic rings. The summed E-state index contributed by atoms with van der Waals surface area (Å²) in [4.78, 5) is 3.17. The summed E-state index contributed by atoms with van der Waals surface area (Å²) >= 11 is 4.89. The zero-order valence-electron chi connectivity index (χ0n) is 8.46. The van der Waals surface area contributed by atoms with Crippen LogP contribution in [0.4, 0.5) is 0 Å². The van der Waals surface area contributed by atoms with E-state index in [1.807, 2.05) is 0 Å². The summed E-state index contributed by atoms with van der Waals surface area (Å²) in [5.41, 5.74) is 5.50. The van der Waals surface area contributed by atoms with Crippen molar-refractivity contribution in [3.8, 4) is 0 Å². The van der Waals surface area contributed by atoms with Crippen LogP contribution in [0, 0.1) is 0 Å². The van der Waals surface area contributed by atoms with E-state index in [1.165, 1.54) is 32.2 Å². The summed E-state index contributed by atoms with van der Waals surface area (Å²) in [5.74, 6) is 0. The van der Waals surface area contributed by atoms with Crippen molar-refractivity contribution in [2.24, 2.45) is 5.73 Å². The predicted octanol–water partition coefficient (Wildman–Crippen LogP) is 1.93. The third kappa shape index (κ3) is 4.05. The largest absolute Gasteiger partial charge is 0.393 e. The Kier molecular flexibility index (Phi) is 4.67. The Labute approximate surface area is 86.5 Å². The summed E-state index contributed by atoms with van der Waals surface area (Å²) in [6, 6.07) is 0.719. The zero-order chi connectivity index (χ0) is 9.68. The van der Waals surface area contributed by atoms with Crippen molar-refractivity contribution in [1.82, 2.24) is 4.90 Å². The van der Waals surface area contributed by atoms with E-state index in [0.29, 0.717) is 4.99 Å². The van der Waals surface area contributed by atoms with Crippen LogP contribution in [-0.2, 0) is 0 Å². The van der Waals surface area contributed by atoms with E-state index in [-0.39, 0.29) is 0 Å². The minimum absolute atomic E-state index is 0.649. The van der Waals surface area contributed by atoms with E-state index in [9.17, 15) is 0 Å². The Morgan fingerprint density at radius 1 is 1.46 bits per heavy atom. The molecule has 0 radical (unpaired) electrons. The molecule has 0 bridgehead atoms. The first-order chi connectivity index (χ1) is 6.20. The molecule has 0 aromatic carbocycles. The summed E-state index contributed by atoms with van der Waals surface area (Å²) in [6.45, 7) is 4.59. The zero-order valence-corrected chi connectivity index (χ0v) is 9.28. The van der Waals surface area contributed by atoms with Crippen molar-refractivity contribution >= 4 is 17.2 Å². The van der Waals surface area contributed by atoms with Crippen LogP contribution in [0.1, 0.15) is 39.0 Å². The molecule has 3 heteroatoms. The third-order valence-corrected chi connectivity index (χ3v) is 3.04. The first kappa shape index (κ1) is 10.9. The summed E-state index contributed by atoms with van der Waals surface area (Å²) < 4.78 is 0. The van der Waals surface area contributed by atoms with Gasteiger partial charge in [0.1, 0.15) is 0 Å². The summed E-state index contributed by atoms with van der Waals surface area (Å²) in [7, 11) is 0. The summed E-state index contributed by atoms with van der Waals surface area (Å²) in [5, 5.41) is 0. The van der Waals surface area contributed by atoms with Crippen LogP contribution in [0.15, 0.2) is 0 Å². The van der Waals surface area contributed by atoms with Gasteiger partial charge in [-0.15, -0.1) is 0 Å². The maximum Gasteiger partial charge on any atom is 0.0740 e. The van der Waals surface area contributed by atoms with Crippen molar-refractivity contribution in [3.63, 3.8) is 0 Å². The molecule has 1 aliphatic heterocycles. The first-order valence-corrected chi connectivity index (χ1v) is 5.63. The van der Waals surface area contributed by atoms with Crippen LogP contribution in [0.25, 0.3) is 0 Å². The maximum absolute atomic E-state index is 5.50. The lowest BCUT2D eigenvalue weighted by Crippen LogP contribution is -2.35. The minimum Gasteiger partial charge on any atom is -0.393 e. The predicted molar refractivity (Wildman–Crippen MR) is 60.9 cm³/mol. The third-order valence-electron chi connectivity index (χ3n) is 2.84. The normalized spacial score (nSPS) is 25.5. The first-order valence-electron chi connectivity index (χ1n) is 5.22. The van der Waals surface area contributed by atoms with Gasteiger partial charge >= 0.3 is 0 Å². The lowest BCUT2D eigenvalue weighted by atomic mass is 10.1. The lowest BCUT2D eigenvalue weighted by Gasteiger charge is -2.26. The molecule has 0 saturated carbocycles. The Morgan fingerprint density at radius 2 is 2.23 bits per heavy atom. The molecule has 0 amide bonds. The van der Waals surface area contributed by atoms with Gasteiger partial charge in [0.25, 0.3) is 0 Å². The van der Waals surface area contributed by atoms with Crippen molar-refractivity contribution < 1.29 is 0 Å². The fourth-order valence-electron chi connectivity index (χ4n) is 1.92. The SMILES string of the molecule is CC1CCCCCN1CCC(N)=S. The molecule has 2 nitrogen and oxygen atoms in total. The van der Waals surface area contributed by atoms with Crippen molar-refractivity contribution in [2.75, 3.05) is 13.1 Å². The molecule has 1 aliphatic rings.